The maximum atomic E-state index is 13.7. The molecular formula is C25H37N3O3S. The third-order valence-electron chi connectivity index (χ3n) is 7.77. The highest BCUT2D eigenvalue weighted by Crippen LogP contribution is 2.44. The van der Waals surface area contributed by atoms with Crippen LogP contribution < -0.4 is 4.72 Å². The van der Waals surface area contributed by atoms with Crippen LogP contribution in [0.1, 0.15) is 63.5 Å². The molecule has 1 spiro atoms. The summed E-state index contributed by atoms with van der Waals surface area (Å²) in [5.41, 5.74) is 5.02. The van der Waals surface area contributed by atoms with Gasteiger partial charge < -0.3 is 9.80 Å². The van der Waals surface area contributed by atoms with Crippen LogP contribution in [0.25, 0.3) is 0 Å². The van der Waals surface area contributed by atoms with Crippen LogP contribution in [0.5, 0.6) is 0 Å². The number of carbonyl (C=O) groups is 1. The quantitative estimate of drug-likeness (QED) is 0.687. The number of amides is 1. The minimum absolute atomic E-state index is 0.168. The molecule has 1 aromatic rings. The average molecular weight is 460 g/mol. The van der Waals surface area contributed by atoms with E-state index >= 15 is 0 Å². The van der Waals surface area contributed by atoms with E-state index in [9.17, 15) is 13.2 Å². The number of hydrogen-bond donors (Lipinski definition) is 1. The molecule has 176 valence electrons. The molecule has 7 heteroatoms. The fraction of sp³-hybridized carbons (Fsp3) is 0.640. The van der Waals surface area contributed by atoms with Crippen LogP contribution in [0.15, 0.2) is 35.4 Å². The number of sulfonamides is 1. The maximum Gasteiger partial charge on any atom is 0.233 e. The summed E-state index contributed by atoms with van der Waals surface area (Å²) in [4.78, 5) is 18.2. The summed E-state index contributed by atoms with van der Waals surface area (Å²) in [6.07, 6.45) is 7.69. The van der Waals surface area contributed by atoms with Crippen LogP contribution in [-0.4, -0.2) is 62.6 Å². The van der Waals surface area contributed by atoms with Crippen molar-refractivity contribution in [3.8, 4) is 0 Å². The molecule has 1 aromatic carbocycles. The van der Waals surface area contributed by atoms with Crippen LogP contribution in [0.4, 0.5) is 0 Å². The zero-order valence-electron chi connectivity index (χ0n) is 19.7. The number of hydrogen-bond acceptors (Lipinski definition) is 4. The molecule has 0 aromatic heterocycles. The van der Waals surface area contributed by atoms with Gasteiger partial charge in [-0.3, -0.25) is 4.79 Å². The first kappa shape index (κ1) is 23.5. The first-order chi connectivity index (χ1) is 15.2. The van der Waals surface area contributed by atoms with Gasteiger partial charge in [0.05, 0.1) is 11.7 Å². The Labute approximate surface area is 193 Å². The number of carbonyl (C=O) groups excluding carboxylic acids is 1. The molecule has 4 rings (SSSR count). The van der Waals surface area contributed by atoms with Gasteiger partial charge in [-0.15, -0.1) is 0 Å². The highest BCUT2D eigenvalue weighted by Gasteiger charge is 2.49. The Kier molecular flexibility index (Phi) is 6.80. The van der Waals surface area contributed by atoms with Crippen LogP contribution in [-0.2, 0) is 26.8 Å². The van der Waals surface area contributed by atoms with Gasteiger partial charge in [-0.2, -0.15) is 0 Å². The van der Waals surface area contributed by atoms with Gasteiger partial charge in [-0.1, -0.05) is 35.4 Å². The normalized spacial score (nSPS) is 24.0. The van der Waals surface area contributed by atoms with Crippen LogP contribution in [0, 0.1) is 0 Å². The molecule has 0 bridgehead atoms. The van der Waals surface area contributed by atoms with Crippen molar-refractivity contribution in [3.05, 3.63) is 46.5 Å². The smallest absolute Gasteiger partial charge is 0.233 e. The molecular weight excluding hydrogens is 422 g/mol. The first-order valence-corrected chi connectivity index (χ1v) is 13.8. The Morgan fingerprint density at radius 1 is 1.12 bits per heavy atom. The Bertz CT molecular complexity index is 979. The van der Waals surface area contributed by atoms with Gasteiger partial charge in [0.15, 0.2) is 0 Å². The Morgan fingerprint density at radius 3 is 2.41 bits per heavy atom. The molecule has 0 unspecified atom stereocenters. The van der Waals surface area contributed by atoms with E-state index < -0.39 is 15.4 Å². The highest BCUT2D eigenvalue weighted by atomic mass is 32.2. The van der Waals surface area contributed by atoms with E-state index in [4.69, 9.17) is 0 Å². The van der Waals surface area contributed by atoms with Crippen molar-refractivity contribution in [2.24, 2.45) is 0 Å². The van der Waals surface area contributed by atoms with Crippen molar-refractivity contribution < 1.29 is 13.2 Å². The average Bonchev–Trinajstić information content (AvgIpc) is 2.77. The standard InChI is InChI=1S/C25H37N3O3S/c1-19(2)20-8-10-22(11-9-20)27-15-12-25(13-16-27)23-7-5-4-6-21(23)18-28(24(25)29)17-14-26-32(3,30)31/h4-7,22,26H,8-18H2,1-3H3. The van der Waals surface area contributed by atoms with Gasteiger partial charge in [0.25, 0.3) is 0 Å². The number of rotatable bonds is 5. The van der Waals surface area contributed by atoms with Gasteiger partial charge in [0.2, 0.25) is 15.9 Å². The minimum atomic E-state index is -3.26. The Balaban J connectivity index is 1.48. The fourth-order valence-corrected chi connectivity index (χ4v) is 6.40. The number of fused-ring (bicyclic) bond motifs is 2. The minimum Gasteiger partial charge on any atom is -0.336 e. The molecule has 0 atom stereocenters. The lowest BCUT2D eigenvalue weighted by atomic mass is 9.67. The molecule has 1 N–H and O–H groups in total. The molecule has 3 aliphatic rings. The van der Waals surface area contributed by atoms with E-state index in [0.29, 0.717) is 19.1 Å². The van der Waals surface area contributed by atoms with E-state index in [1.54, 1.807) is 5.57 Å². The van der Waals surface area contributed by atoms with E-state index in [2.05, 4.69) is 35.6 Å². The second-order valence-electron chi connectivity index (χ2n) is 10.0. The second kappa shape index (κ2) is 9.27. The molecule has 1 saturated heterocycles. The molecule has 1 amide bonds. The maximum absolute atomic E-state index is 13.7. The zero-order chi connectivity index (χ0) is 22.9. The third kappa shape index (κ3) is 4.80. The number of likely N-dealkylation sites (tertiary alicyclic amines) is 1. The predicted octanol–water partition coefficient (Wildman–Crippen LogP) is 3.19. The third-order valence-corrected chi connectivity index (χ3v) is 8.50. The largest absolute Gasteiger partial charge is 0.336 e. The summed E-state index contributed by atoms with van der Waals surface area (Å²) in [7, 11) is -3.26. The van der Waals surface area contributed by atoms with Crippen molar-refractivity contribution in [2.45, 2.75) is 70.4 Å². The van der Waals surface area contributed by atoms with Crippen molar-refractivity contribution >= 4 is 15.9 Å². The summed E-state index contributed by atoms with van der Waals surface area (Å²) in [5, 5.41) is 0. The summed E-state index contributed by atoms with van der Waals surface area (Å²) >= 11 is 0. The van der Waals surface area contributed by atoms with E-state index in [1.165, 1.54) is 42.4 Å². The summed E-state index contributed by atoms with van der Waals surface area (Å²) in [6.45, 7) is 7.56. The van der Waals surface area contributed by atoms with Crippen LogP contribution in [0.2, 0.25) is 0 Å². The van der Waals surface area contributed by atoms with Gasteiger partial charge in [0, 0.05) is 25.7 Å². The number of allylic oxidation sites excluding steroid dienone is 2. The topological polar surface area (TPSA) is 69.7 Å². The zero-order valence-corrected chi connectivity index (χ0v) is 20.5. The predicted molar refractivity (Wildman–Crippen MR) is 128 cm³/mol. The lowest BCUT2D eigenvalue weighted by molar-refractivity contribution is -0.142. The summed E-state index contributed by atoms with van der Waals surface area (Å²) in [6, 6.07) is 8.96. The number of benzene rings is 1. The van der Waals surface area contributed by atoms with Gasteiger partial charge in [-0.05, 0) is 76.6 Å². The van der Waals surface area contributed by atoms with E-state index in [0.717, 1.165) is 32.2 Å². The van der Waals surface area contributed by atoms with Crippen molar-refractivity contribution in [3.63, 3.8) is 0 Å². The van der Waals surface area contributed by atoms with Gasteiger partial charge in [0.1, 0.15) is 0 Å². The number of nitrogens with one attached hydrogen (secondary N) is 1. The van der Waals surface area contributed by atoms with Crippen molar-refractivity contribution in [1.29, 1.82) is 0 Å². The summed E-state index contributed by atoms with van der Waals surface area (Å²) in [5.74, 6) is 0.168. The van der Waals surface area contributed by atoms with Crippen molar-refractivity contribution in [1.82, 2.24) is 14.5 Å². The van der Waals surface area contributed by atoms with E-state index in [-0.39, 0.29) is 12.5 Å². The number of piperidine rings is 1. The molecule has 6 nitrogen and oxygen atoms in total. The lowest BCUT2D eigenvalue weighted by Crippen LogP contribution is -2.58. The molecule has 2 heterocycles. The molecule has 32 heavy (non-hydrogen) atoms. The van der Waals surface area contributed by atoms with E-state index in [1.807, 2.05) is 17.0 Å². The molecule has 2 fully saturated rings. The first-order valence-electron chi connectivity index (χ1n) is 11.9. The second-order valence-corrected chi connectivity index (χ2v) is 11.8. The summed E-state index contributed by atoms with van der Waals surface area (Å²) < 4.78 is 25.5. The molecule has 1 aliphatic carbocycles. The monoisotopic (exact) mass is 459 g/mol. The molecule has 2 aliphatic heterocycles. The molecule has 0 radical (unpaired) electrons. The van der Waals surface area contributed by atoms with Crippen LogP contribution in [0.3, 0.4) is 0 Å². The van der Waals surface area contributed by atoms with Gasteiger partial charge >= 0.3 is 0 Å². The highest BCUT2D eigenvalue weighted by molar-refractivity contribution is 7.88. The molecule has 1 saturated carbocycles. The van der Waals surface area contributed by atoms with Crippen molar-refractivity contribution in [2.75, 3.05) is 32.4 Å². The van der Waals surface area contributed by atoms with Gasteiger partial charge in [-0.25, -0.2) is 13.1 Å². The van der Waals surface area contributed by atoms with Crippen LogP contribution >= 0.6 is 0 Å². The SMILES string of the molecule is CC(C)=C1CCC(N2CCC3(CC2)C(=O)N(CCNS(C)(=O)=O)Cc2ccccc23)CC1. The fourth-order valence-electron chi connectivity index (χ4n) is 5.94. The Morgan fingerprint density at radius 2 is 1.78 bits per heavy atom. The Hall–Kier alpha value is -1.70. The number of nitrogens with zero attached hydrogens (tertiary/aromatic N) is 2. The lowest BCUT2D eigenvalue weighted by Gasteiger charge is -2.49.